The summed E-state index contributed by atoms with van der Waals surface area (Å²) >= 11 is 0. The van der Waals surface area contributed by atoms with E-state index < -0.39 is 11.5 Å². The Morgan fingerprint density at radius 3 is 2.44 bits per heavy atom. The second-order valence-electron chi connectivity index (χ2n) is 5.18. The molecule has 4 N–H and O–H groups in total. The highest BCUT2D eigenvalue weighted by Crippen LogP contribution is 2.34. The molecule has 0 unspecified atom stereocenters. The summed E-state index contributed by atoms with van der Waals surface area (Å²) in [6.07, 6.45) is 4.81. The third-order valence-corrected chi connectivity index (χ3v) is 3.93. The number of carboxylic acids is 1. The number of aliphatic carboxylic acids is 1. The van der Waals surface area contributed by atoms with E-state index in [1.807, 2.05) is 0 Å². The van der Waals surface area contributed by atoms with E-state index >= 15 is 0 Å². The van der Waals surface area contributed by atoms with Crippen LogP contribution in [0.5, 0.6) is 0 Å². The fourth-order valence-corrected chi connectivity index (χ4v) is 2.56. The van der Waals surface area contributed by atoms with Crippen molar-refractivity contribution in [3.8, 4) is 0 Å². The third kappa shape index (κ3) is 3.70. The van der Waals surface area contributed by atoms with Gasteiger partial charge in [0.05, 0.1) is 0 Å². The van der Waals surface area contributed by atoms with Crippen LogP contribution in [0.4, 0.5) is 0 Å². The highest BCUT2D eigenvalue weighted by Gasteiger charge is 2.42. The molecule has 104 valence electrons. The fourth-order valence-electron chi connectivity index (χ4n) is 2.56. The van der Waals surface area contributed by atoms with Gasteiger partial charge in [-0.25, -0.2) is 4.79 Å². The molecule has 1 amide bonds. The van der Waals surface area contributed by atoms with Crippen LogP contribution in [0.15, 0.2) is 0 Å². The summed E-state index contributed by atoms with van der Waals surface area (Å²) in [5.41, 5.74) is 4.30. The molecule has 1 fully saturated rings. The van der Waals surface area contributed by atoms with Crippen molar-refractivity contribution in [2.45, 2.75) is 57.4 Å². The Hall–Kier alpha value is -1.10. The molecule has 18 heavy (non-hydrogen) atoms. The van der Waals surface area contributed by atoms with Gasteiger partial charge in [0.25, 0.3) is 0 Å². The zero-order chi connectivity index (χ0) is 13.6. The highest BCUT2D eigenvalue weighted by molar-refractivity contribution is 5.87. The maximum absolute atomic E-state index is 11.7. The average molecular weight is 256 g/mol. The van der Waals surface area contributed by atoms with Crippen LogP contribution >= 0.6 is 0 Å². The van der Waals surface area contributed by atoms with Crippen molar-refractivity contribution in [1.82, 2.24) is 5.32 Å². The van der Waals surface area contributed by atoms with Crippen LogP contribution in [-0.2, 0) is 9.59 Å². The van der Waals surface area contributed by atoms with Gasteiger partial charge in [0.1, 0.15) is 5.54 Å². The monoisotopic (exact) mass is 256 g/mol. The second-order valence-corrected chi connectivity index (χ2v) is 5.18. The molecule has 0 spiro atoms. The molecule has 5 heteroatoms. The maximum Gasteiger partial charge on any atom is 0.329 e. The number of carboxylic acid groups (broad SMARTS) is 1. The molecule has 1 rings (SSSR count). The first kappa shape index (κ1) is 15.0. The quantitative estimate of drug-likeness (QED) is 0.667. The van der Waals surface area contributed by atoms with Crippen molar-refractivity contribution in [2.75, 3.05) is 6.54 Å². The number of amides is 1. The van der Waals surface area contributed by atoms with Crippen LogP contribution in [0.2, 0.25) is 0 Å². The Morgan fingerprint density at radius 2 is 2.00 bits per heavy atom. The minimum atomic E-state index is -1.04. The minimum Gasteiger partial charge on any atom is -0.480 e. The number of carbonyl (C=O) groups is 2. The molecule has 0 atom stereocenters. The largest absolute Gasteiger partial charge is 0.480 e. The zero-order valence-corrected chi connectivity index (χ0v) is 11.1. The molecule has 0 saturated heterocycles. The van der Waals surface area contributed by atoms with Gasteiger partial charge in [-0.15, -0.1) is 0 Å². The number of nitrogens with two attached hydrogens (primary N) is 1. The van der Waals surface area contributed by atoms with E-state index in [4.69, 9.17) is 5.73 Å². The molecule has 1 aliphatic carbocycles. The van der Waals surface area contributed by atoms with E-state index in [1.54, 1.807) is 0 Å². The smallest absolute Gasteiger partial charge is 0.329 e. The van der Waals surface area contributed by atoms with Crippen LogP contribution in [0.25, 0.3) is 0 Å². The van der Waals surface area contributed by atoms with E-state index in [0.717, 1.165) is 19.3 Å². The second kappa shape index (κ2) is 6.73. The van der Waals surface area contributed by atoms with Crippen molar-refractivity contribution in [3.05, 3.63) is 0 Å². The summed E-state index contributed by atoms with van der Waals surface area (Å²) in [7, 11) is 0. The predicted octanol–water partition coefficient (Wildman–Crippen LogP) is 1.27. The Kier molecular flexibility index (Phi) is 5.59. The van der Waals surface area contributed by atoms with Crippen molar-refractivity contribution in [2.24, 2.45) is 11.7 Å². The molecule has 0 aromatic heterocycles. The summed E-state index contributed by atoms with van der Waals surface area (Å²) in [4.78, 5) is 23.1. The van der Waals surface area contributed by atoms with Gasteiger partial charge in [-0.2, -0.15) is 0 Å². The molecule has 0 radical (unpaired) electrons. The SMILES string of the molecule is CCC1CCC(NC(=O)CCCN)(C(=O)O)CC1. The molecular formula is C13H24N2O3. The van der Waals surface area contributed by atoms with Gasteiger partial charge < -0.3 is 16.2 Å². The van der Waals surface area contributed by atoms with E-state index in [2.05, 4.69) is 12.2 Å². The maximum atomic E-state index is 11.7. The van der Waals surface area contributed by atoms with Crippen LogP contribution in [0, 0.1) is 5.92 Å². The number of hydrogen-bond acceptors (Lipinski definition) is 3. The third-order valence-electron chi connectivity index (χ3n) is 3.93. The number of hydrogen-bond donors (Lipinski definition) is 3. The van der Waals surface area contributed by atoms with Crippen molar-refractivity contribution in [3.63, 3.8) is 0 Å². The van der Waals surface area contributed by atoms with Gasteiger partial charge in [-0.1, -0.05) is 13.3 Å². The van der Waals surface area contributed by atoms with Crippen LogP contribution in [0.3, 0.4) is 0 Å². The lowest BCUT2D eigenvalue weighted by Gasteiger charge is -2.37. The van der Waals surface area contributed by atoms with Crippen LogP contribution < -0.4 is 11.1 Å². The van der Waals surface area contributed by atoms with E-state index in [1.165, 1.54) is 0 Å². The Bertz CT molecular complexity index is 297. The lowest BCUT2D eigenvalue weighted by molar-refractivity contribution is -0.149. The van der Waals surface area contributed by atoms with Gasteiger partial charge >= 0.3 is 5.97 Å². The summed E-state index contributed by atoms with van der Waals surface area (Å²) in [5, 5.41) is 12.1. The van der Waals surface area contributed by atoms with Gasteiger partial charge in [-0.05, 0) is 44.6 Å². The Balaban J connectivity index is 2.60. The molecule has 0 heterocycles. The number of nitrogens with one attached hydrogen (secondary N) is 1. The standard InChI is InChI=1S/C13H24N2O3/c1-2-10-5-7-13(8-6-10,12(17)18)15-11(16)4-3-9-14/h10H,2-9,14H2,1H3,(H,15,16)(H,17,18). The van der Waals surface area contributed by atoms with Gasteiger partial charge in [0.15, 0.2) is 0 Å². The molecule has 0 aromatic rings. The minimum absolute atomic E-state index is 0.196. The first-order valence-corrected chi connectivity index (χ1v) is 6.78. The first-order valence-electron chi connectivity index (χ1n) is 6.78. The van der Waals surface area contributed by atoms with Crippen LogP contribution in [-0.4, -0.2) is 29.1 Å². The topological polar surface area (TPSA) is 92.4 Å². The average Bonchev–Trinajstić information content (AvgIpc) is 2.37. The molecule has 0 bridgehead atoms. The molecule has 0 aromatic carbocycles. The molecule has 5 nitrogen and oxygen atoms in total. The molecular weight excluding hydrogens is 232 g/mol. The Morgan fingerprint density at radius 1 is 1.39 bits per heavy atom. The van der Waals surface area contributed by atoms with E-state index in [0.29, 0.717) is 38.1 Å². The van der Waals surface area contributed by atoms with Gasteiger partial charge in [0.2, 0.25) is 5.91 Å². The number of rotatable bonds is 6. The summed E-state index contributed by atoms with van der Waals surface area (Å²) in [6.45, 7) is 2.57. The van der Waals surface area contributed by atoms with Gasteiger partial charge in [0, 0.05) is 6.42 Å². The zero-order valence-electron chi connectivity index (χ0n) is 11.1. The molecule has 1 saturated carbocycles. The fraction of sp³-hybridized carbons (Fsp3) is 0.846. The molecule has 1 aliphatic rings. The predicted molar refractivity (Wildman–Crippen MR) is 69.0 cm³/mol. The lowest BCUT2D eigenvalue weighted by Crippen LogP contribution is -2.56. The summed E-state index contributed by atoms with van der Waals surface area (Å²) < 4.78 is 0. The van der Waals surface area contributed by atoms with Crippen molar-refractivity contribution < 1.29 is 14.7 Å². The van der Waals surface area contributed by atoms with Crippen molar-refractivity contribution >= 4 is 11.9 Å². The summed E-state index contributed by atoms with van der Waals surface area (Å²) in [6, 6.07) is 0. The molecule has 0 aliphatic heterocycles. The van der Waals surface area contributed by atoms with Crippen molar-refractivity contribution in [1.29, 1.82) is 0 Å². The summed E-state index contributed by atoms with van der Waals surface area (Å²) in [5.74, 6) is -0.505. The first-order chi connectivity index (χ1) is 8.54. The van der Waals surface area contributed by atoms with E-state index in [-0.39, 0.29) is 5.91 Å². The van der Waals surface area contributed by atoms with Crippen LogP contribution in [0.1, 0.15) is 51.9 Å². The normalized spacial score (nSPS) is 27.8. The highest BCUT2D eigenvalue weighted by atomic mass is 16.4. The lowest BCUT2D eigenvalue weighted by atomic mass is 9.75. The number of carbonyl (C=O) groups excluding carboxylic acids is 1. The van der Waals surface area contributed by atoms with Gasteiger partial charge in [-0.3, -0.25) is 4.79 Å². The van der Waals surface area contributed by atoms with E-state index in [9.17, 15) is 14.7 Å². The Labute approximate surface area is 108 Å².